The molecule has 0 aromatic heterocycles. The highest BCUT2D eigenvalue weighted by Crippen LogP contribution is 2.14. The van der Waals surface area contributed by atoms with Crippen LogP contribution in [0.25, 0.3) is 0 Å². The summed E-state index contributed by atoms with van der Waals surface area (Å²) in [5.41, 5.74) is 2.20. The van der Waals surface area contributed by atoms with Crippen molar-refractivity contribution >= 4 is 12.0 Å². The molecule has 0 saturated heterocycles. The molecule has 0 bridgehead atoms. The Kier molecular flexibility index (Phi) is 7.07. The Bertz CT molecular complexity index is 524. The first-order chi connectivity index (χ1) is 10.7. The molecule has 1 rings (SSSR count). The molecule has 1 unspecified atom stereocenters. The first-order valence-corrected chi connectivity index (χ1v) is 8.04. The summed E-state index contributed by atoms with van der Waals surface area (Å²) in [7, 11) is 0. The van der Waals surface area contributed by atoms with E-state index in [1.165, 1.54) is 5.56 Å². The maximum Gasteiger partial charge on any atom is 0.408 e. The van der Waals surface area contributed by atoms with Gasteiger partial charge >= 0.3 is 6.09 Å². The lowest BCUT2D eigenvalue weighted by Crippen LogP contribution is -2.50. The van der Waals surface area contributed by atoms with Crippen molar-refractivity contribution in [2.75, 3.05) is 0 Å². The minimum Gasteiger partial charge on any atom is -0.447 e. The Morgan fingerprint density at radius 2 is 1.52 bits per heavy atom. The van der Waals surface area contributed by atoms with Crippen LogP contribution < -0.4 is 10.6 Å². The number of carbonyl (C=O) groups is 2. The van der Waals surface area contributed by atoms with Gasteiger partial charge in [0, 0.05) is 0 Å². The summed E-state index contributed by atoms with van der Waals surface area (Å²) in [5, 5.41) is 5.59. The quantitative estimate of drug-likeness (QED) is 0.845. The van der Waals surface area contributed by atoms with E-state index in [1.54, 1.807) is 13.8 Å². The second kappa shape index (κ2) is 8.56. The fourth-order valence-electron chi connectivity index (χ4n) is 2.15. The number of nitrogens with one attached hydrogen (secondary N) is 2. The molecule has 5 heteroatoms. The largest absolute Gasteiger partial charge is 0.447 e. The third kappa shape index (κ3) is 6.30. The molecular formula is C18H28N2O3. The van der Waals surface area contributed by atoms with Gasteiger partial charge in [-0.2, -0.15) is 0 Å². The molecular weight excluding hydrogens is 292 g/mol. The molecule has 128 valence electrons. The molecule has 2 N–H and O–H groups in total. The minimum absolute atomic E-state index is 0.0417. The van der Waals surface area contributed by atoms with E-state index in [1.807, 2.05) is 52.0 Å². The predicted molar refractivity (Wildman–Crippen MR) is 91.1 cm³/mol. The molecule has 0 spiro atoms. The molecule has 0 heterocycles. The normalized spacial score (nSPS) is 13.6. The number of carbonyl (C=O) groups excluding carboxylic acids is 2. The van der Waals surface area contributed by atoms with Gasteiger partial charge in [-0.25, -0.2) is 4.79 Å². The van der Waals surface area contributed by atoms with Crippen LogP contribution in [0.4, 0.5) is 4.79 Å². The van der Waals surface area contributed by atoms with Crippen LogP contribution in [0.3, 0.4) is 0 Å². The van der Waals surface area contributed by atoms with Gasteiger partial charge in [0.25, 0.3) is 0 Å². The number of rotatable bonds is 6. The summed E-state index contributed by atoms with van der Waals surface area (Å²) < 4.78 is 5.05. The van der Waals surface area contributed by atoms with Crippen LogP contribution in [-0.4, -0.2) is 24.1 Å². The zero-order valence-corrected chi connectivity index (χ0v) is 14.8. The van der Waals surface area contributed by atoms with Gasteiger partial charge in [-0.1, -0.05) is 43.7 Å². The molecule has 0 aliphatic carbocycles. The van der Waals surface area contributed by atoms with Gasteiger partial charge in [0.1, 0.15) is 6.04 Å². The number of hydrogen-bond donors (Lipinski definition) is 2. The van der Waals surface area contributed by atoms with Crippen LogP contribution >= 0.6 is 0 Å². The lowest BCUT2D eigenvalue weighted by molar-refractivity contribution is -0.124. The molecule has 1 aromatic rings. The molecule has 1 aromatic carbocycles. The first-order valence-electron chi connectivity index (χ1n) is 8.04. The predicted octanol–water partition coefficient (Wildman–Crippen LogP) is 3.33. The van der Waals surface area contributed by atoms with Gasteiger partial charge in [0.2, 0.25) is 5.91 Å². The van der Waals surface area contributed by atoms with Crippen LogP contribution in [0.1, 0.15) is 51.8 Å². The number of ether oxygens (including phenoxy) is 1. The van der Waals surface area contributed by atoms with Crippen molar-refractivity contribution < 1.29 is 14.3 Å². The standard InChI is InChI=1S/C18H28N2O3/c1-11(2)16(20-18(22)23-12(3)4)17(21)19-14(6)15-9-7-13(5)8-10-15/h7-12,14,16H,1-6H3,(H,19,21)(H,20,22)/t14?,16-/m0/s1. The number of alkyl carbamates (subject to hydrolysis) is 1. The summed E-state index contributed by atoms with van der Waals surface area (Å²) in [6.07, 6.45) is -0.797. The molecule has 2 amide bonds. The van der Waals surface area contributed by atoms with E-state index in [2.05, 4.69) is 10.6 Å². The van der Waals surface area contributed by atoms with E-state index in [4.69, 9.17) is 4.74 Å². The zero-order valence-electron chi connectivity index (χ0n) is 14.8. The van der Waals surface area contributed by atoms with Crippen LogP contribution in [0.5, 0.6) is 0 Å². The Balaban J connectivity index is 2.70. The highest BCUT2D eigenvalue weighted by Gasteiger charge is 2.26. The third-order valence-corrected chi connectivity index (χ3v) is 3.50. The maximum atomic E-state index is 12.5. The van der Waals surface area contributed by atoms with Crippen molar-refractivity contribution in [3.8, 4) is 0 Å². The highest BCUT2D eigenvalue weighted by atomic mass is 16.6. The summed E-state index contributed by atoms with van der Waals surface area (Å²) in [6.45, 7) is 11.2. The summed E-state index contributed by atoms with van der Waals surface area (Å²) >= 11 is 0. The molecule has 0 radical (unpaired) electrons. The monoisotopic (exact) mass is 320 g/mol. The van der Waals surface area contributed by atoms with E-state index in [0.717, 1.165) is 5.56 Å². The van der Waals surface area contributed by atoms with Crippen molar-refractivity contribution in [3.05, 3.63) is 35.4 Å². The fourth-order valence-corrected chi connectivity index (χ4v) is 2.15. The van der Waals surface area contributed by atoms with E-state index >= 15 is 0 Å². The Labute approximate surface area is 138 Å². The number of amides is 2. The summed E-state index contributed by atoms with van der Waals surface area (Å²) in [6, 6.07) is 7.24. The van der Waals surface area contributed by atoms with Crippen molar-refractivity contribution in [2.24, 2.45) is 5.92 Å². The lowest BCUT2D eigenvalue weighted by atomic mass is 10.0. The van der Waals surface area contributed by atoms with Crippen LogP contribution in [0, 0.1) is 12.8 Å². The molecule has 23 heavy (non-hydrogen) atoms. The molecule has 0 aliphatic rings. The van der Waals surface area contributed by atoms with Crippen molar-refractivity contribution in [1.82, 2.24) is 10.6 Å². The van der Waals surface area contributed by atoms with Crippen LogP contribution in [0.2, 0.25) is 0 Å². The Morgan fingerprint density at radius 1 is 0.957 bits per heavy atom. The minimum atomic E-state index is -0.630. The van der Waals surface area contributed by atoms with Gasteiger partial charge in [-0.05, 0) is 39.2 Å². The molecule has 0 fully saturated rings. The maximum absolute atomic E-state index is 12.5. The fraction of sp³-hybridized carbons (Fsp3) is 0.556. The SMILES string of the molecule is Cc1ccc(C(C)NC(=O)[C@@H](NC(=O)OC(C)C)C(C)C)cc1. The van der Waals surface area contributed by atoms with Gasteiger partial charge in [0.15, 0.2) is 0 Å². The van der Waals surface area contributed by atoms with Gasteiger partial charge < -0.3 is 15.4 Å². The lowest BCUT2D eigenvalue weighted by Gasteiger charge is -2.24. The highest BCUT2D eigenvalue weighted by molar-refractivity contribution is 5.86. The van der Waals surface area contributed by atoms with Crippen molar-refractivity contribution in [1.29, 1.82) is 0 Å². The van der Waals surface area contributed by atoms with Gasteiger partial charge in [0.05, 0.1) is 12.1 Å². The van der Waals surface area contributed by atoms with Crippen LogP contribution in [-0.2, 0) is 9.53 Å². The van der Waals surface area contributed by atoms with E-state index < -0.39 is 12.1 Å². The Morgan fingerprint density at radius 3 is 2.00 bits per heavy atom. The van der Waals surface area contributed by atoms with Crippen molar-refractivity contribution in [3.63, 3.8) is 0 Å². The number of aryl methyl sites for hydroxylation is 1. The average Bonchev–Trinajstić information content (AvgIpc) is 2.44. The van der Waals surface area contributed by atoms with E-state index in [9.17, 15) is 9.59 Å². The average molecular weight is 320 g/mol. The van der Waals surface area contributed by atoms with E-state index in [0.29, 0.717) is 0 Å². The van der Waals surface area contributed by atoms with Crippen LogP contribution in [0.15, 0.2) is 24.3 Å². The number of hydrogen-bond acceptors (Lipinski definition) is 3. The number of benzene rings is 1. The second-order valence-corrected chi connectivity index (χ2v) is 6.46. The summed E-state index contributed by atoms with van der Waals surface area (Å²) in [4.78, 5) is 24.2. The summed E-state index contributed by atoms with van der Waals surface area (Å²) in [5.74, 6) is -0.256. The topological polar surface area (TPSA) is 67.4 Å². The van der Waals surface area contributed by atoms with Gasteiger partial charge in [-0.3, -0.25) is 4.79 Å². The Hall–Kier alpha value is -2.04. The van der Waals surface area contributed by atoms with Crippen molar-refractivity contribution in [2.45, 2.75) is 59.7 Å². The smallest absolute Gasteiger partial charge is 0.408 e. The molecule has 0 aliphatic heterocycles. The molecule has 2 atom stereocenters. The first kappa shape index (κ1) is 19.0. The van der Waals surface area contributed by atoms with E-state index in [-0.39, 0.29) is 24.0 Å². The zero-order chi connectivity index (χ0) is 17.6. The third-order valence-electron chi connectivity index (χ3n) is 3.50. The molecule has 0 saturated carbocycles. The van der Waals surface area contributed by atoms with Gasteiger partial charge in [-0.15, -0.1) is 0 Å². The molecule has 5 nitrogen and oxygen atoms in total. The second-order valence-electron chi connectivity index (χ2n) is 6.46.